The molecule has 1 rings (SSSR count). The molecule has 0 radical (unpaired) electrons. The number of nitrogens with zero attached hydrogens (tertiary/aromatic N) is 3. The standard InChI is InChI=1S/C12H17N5O6S/c1-3-23-11(18)7-16(2)24(21,22)10-5-4-8(17(19)20)6-9(10)15-12(13)14/h4-6H,3,7H2,1-2H3,(H4,13,14,15)/i2D3. The number of carbonyl (C=O) groups excluding carboxylic acids is 1. The highest BCUT2D eigenvalue weighted by atomic mass is 32.2. The van der Waals surface area contributed by atoms with Gasteiger partial charge in [0.05, 0.1) is 17.2 Å². The van der Waals surface area contributed by atoms with Gasteiger partial charge >= 0.3 is 5.97 Å². The van der Waals surface area contributed by atoms with Crippen LogP contribution in [0.2, 0.25) is 0 Å². The van der Waals surface area contributed by atoms with Gasteiger partial charge in [0, 0.05) is 23.2 Å². The Bertz CT molecular complexity index is 867. The molecule has 1 aromatic rings. The van der Waals surface area contributed by atoms with Gasteiger partial charge in [-0.25, -0.2) is 13.4 Å². The number of nitrogens with two attached hydrogens (primary N) is 2. The molecule has 24 heavy (non-hydrogen) atoms. The predicted octanol–water partition coefficient (Wildman–Crippen LogP) is -0.317. The summed E-state index contributed by atoms with van der Waals surface area (Å²) in [5, 5.41) is 10.9. The monoisotopic (exact) mass is 362 g/mol. The van der Waals surface area contributed by atoms with Crippen molar-refractivity contribution < 1.29 is 27.0 Å². The van der Waals surface area contributed by atoms with Crippen molar-refractivity contribution in [1.29, 1.82) is 0 Å². The summed E-state index contributed by atoms with van der Waals surface area (Å²) >= 11 is 0. The summed E-state index contributed by atoms with van der Waals surface area (Å²) in [6.07, 6.45) is 0. The lowest BCUT2D eigenvalue weighted by Crippen LogP contribution is -2.33. The smallest absolute Gasteiger partial charge is 0.321 e. The average Bonchev–Trinajstić information content (AvgIpc) is 2.50. The lowest BCUT2D eigenvalue weighted by Gasteiger charge is -2.17. The Morgan fingerprint density at radius 1 is 1.50 bits per heavy atom. The van der Waals surface area contributed by atoms with Gasteiger partial charge in [-0.1, -0.05) is 0 Å². The van der Waals surface area contributed by atoms with E-state index in [0.29, 0.717) is 0 Å². The summed E-state index contributed by atoms with van der Waals surface area (Å²) in [5.41, 5.74) is 9.34. The van der Waals surface area contributed by atoms with Crippen LogP contribution < -0.4 is 11.5 Å². The third kappa shape index (κ3) is 4.63. The number of nitro benzene ring substituents is 1. The van der Waals surface area contributed by atoms with Gasteiger partial charge in [0.25, 0.3) is 5.69 Å². The topological polar surface area (TPSA) is 171 Å². The Balaban J connectivity index is 3.60. The Morgan fingerprint density at radius 3 is 2.67 bits per heavy atom. The van der Waals surface area contributed by atoms with Crippen molar-refractivity contribution >= 4 is 33.3 Å². The fraction of sp³-hybridized carbons (Fsp3) is 0.333. The normalized spacial score (nSPS) is 13.5. The predicted molar refractivity (Wildman–Crippen MR) is 85.0 cm³/mol. The van der Waals surface area contributed by atoms with Gasteiger partial charge in [-0.15, -0.1) is 0 Å². The van der Waals surface area contributed by atoms with Gasteiger partial charge in [-0.2, -0.15) is 4.31 Å². The number of sulfonamides is 1. The molecule has 1 aromatic carbocycles. The molecule has 0 heterocycles. The second-order valence-electron chi connectivity index (χ2n) is 4.26. The Hall–Kier alpha value is -2.73. The summed E-state index contributed by atoms with van der Waals surface area (Å²) in [4.78, 5) is 24.5. The van der Waals surface area contributed by atoms with Crippen LogP contribution in [0.1, 0.15) is 11.0 Å². The minimum absolute atomic E-state index is 0.0785. The lowest BCUT2D eigenvalue weighted by molar-refractivity contribution is -0.384. The molecule has 4 N–H and O–H groups in total. The maximum Gasteiger partial charge on any atom is 0.321 e. The van der Waals surface area contributed by atoms with Crippen LogP contribution in [0, 0.1) is 10.1 Å². The van der Waals surface area contributed by atoms with Crippen LogP contribution in [-0.2, 0) is 19.6 Å². The fourth-order valence-electron chi connectivity index (χ4n) is 1.59. The third-order valence-corrected chi connectivity index (χ3v) is 4.16. The molecule has 0 saturated carbocycles. The maximum atomic E-state index is 12.8. The number of non-ortho nitro benzene ring substituents is 1. The number of benzene rings is 1. The molecule has 0 aliphatic heterocycles. The number of esters is 1. The van der Waals surface area contributed by atoms with Crippen LogP contribution in [0.5, 0.6) is 0 Å². The second-order valence-corrected chi connectivity index (χ2v) is 6.09. The van der Waals surface area contributed by atoms with Gasteiger partial charge in [-0.3, -0.25) is 14.9 Å². The van der Waals surface area contributed by atoms with Crippen LogP contribution in [0.4, 0.5) is 11.4 Å². The van der Waals surface area contributed by atoms with E-state index in [1.807, 2.05) is 0 Å². The molecular weight excluding hydrogens is 342 g/mol. The number of rotatable bonds is 7. The number of guanidine groups is 1. The van der Waals surface area contributed by atoms with Crippen LogP contribution in [-0.4, -0.2) is 49.7 Å². The summed E-state index contributed by atoms with van der Waals surface area (Å²) in [7, 11) is -4.86. The van der Waals surface area contributed by atoms with Gasteiger partial charge in [0.2, 0.25) is 10.0 Å². The number of ether oxygens (including phenoxy) is 1. The first kappa shape index (κ1) is 14.8. The number of likely N-dealkylation sites (N-methyl/N-ethyl adjacent to an activating group) is 1. The largest absolute Gasteiger partial charge is 0.465 e. The quantitative estimate of drug-likeness (QED) is 0.218. The van der Waals surface area contributed by atoms with E-state index < -0.39 is 56.7 Å². The van der Waals surface area contributed by atoms with E-state index in [1.165, 1.54) is 6.92 Å². The molecule has 0 atom stereocenters. The molecule has 0 unspecified atom stereocenters. The highest BCUT2D eigenvalue weighted by Crippen LogP contribution is 2.30. The summed E-state index contributed by atoms with van der Waals surface area (Å²) in [6.45, 7) is -2.99. The molecule has 0 aromatic heterocycles. The average molecular weight is 362 g/mol. The fourth-order valence-corrected chi connectivity index (χ4v) is 2.71. The van der Waals surface area contributed by atoms with E-state index in [2.05, 4.69) is 9.73 Å². The molecular formula is C12H17N5O6S. The lowest BCUT2D eigenvalue weighted by atomic mass is 10.3. The zero-order valence-electron chi connectivity index (χ0n) is 15.5. The van der Waals surface area contributed by atoms with E-state index in [9.17, 15) is 23.3 Å². The van der Waals surface area contributed by atoms with Crippen LogP contribution in [0.25, 0.3) is 0 Å². The minimum atomic E-state index is -4.86. The van der Waals surface area contributed by atoms with Gasteiger partial charge in [0.15, 0.2) is 5.96 Å². The Kier molecular flexibility index (Phi) is 4.76. The molecule has 0 spiro atoms. The first-order valence-corrected chi connectivity index (χ1v) is 7.81. The van der Waals surface area contributed by atoms with E-state index in [4.69, 9.17) is 15.6 Å². The number of hydrogen-bond donors (Lipinski definition) is 2. The highest BCUT2D eigenvalue weighted by molar-refractivity contribution is 7.89. The van der Waals surface area contributed by atoms with Crippen LogP contribution >= 0.6 is 0 Å². The molecule has 0 aliphatic carbocycles. The number of carbonyl (C=O) groups is 1. The number of aliphatic imine (C=N–C) groups is 1. The number of hydrogen-bond acceptors (Lipinski definition) is 7. The van der Waals surface area contributed by atoms with Gasteiger partial charge < -0.3 is 16.2 Å². The van der Waals surface area contributed by atoms with Crippen molar-refractivity contribution in [1.82, 2.24) is 4.31 Å². The molecule has 12 heteroatoms. The van der Waals surface area contributed by atoms with E-state index >= 15 is 0 Å². The first-order chi connectivity index (χ1) is 12.3. The SMILES string of the molecule is [2H]C([2H])([2H])N(CC(=O)OCC)S(=O)(=O)c1ccc([N+](=O)[O-])cc1N=C(N)N. The Morgan fingerprint density at radius 2 is 2.17 bits per heavy atom. The molecule has 132 valence electrons. The summed E-state index contributed by atoms with van der Waals surface area (Å²) in [6, 6.07) is 2.37. The minimum Gasteiger partial charge on any atom is -0.465 e. The highest BCUT2D eigenvalue weighted by Gasteiger charge is 2.27. The van der Waals surface area contributed by atoms with Gasteiger partial charge in [-0.05, 0) is 13.0 Å². The van der Waals surface area contributed by atoms with Crippen LogP contribution in [0.15, 0.2) is 28.1 Å². The van der Waals surface area contributed by atoms with Crippen molar-refractivity contribution in [3.63, 3.8) is 0 Å². The molecule has 0 fully saturated rings. The first-order valence-electron chi connectivity index (χ1n) is 7.87. The molecule has 0 amide bonds. The summed E-state index contributed by atoms with van der Waals surface area (Å²) in [5.74, 6) is -1.71. The van der Waals surface area contributed by atoms with E-state index in [1.54, 1.807) is 0 Å². The third-order valence-electron chi connectivity index (χ3n) is 2.55. The zero-order chi connectivity index (χ0) is 21.0. The maximum absolute atomic E-state index is 12.8. The van der Waals surface area contributed by atoms with E-state index in [0.717, 1.165) is 18.2 Å². The molecule has 0 saturated heterocycles. The van der Waals surface area contributed by atoms with Crippen molar-refractivity contribution in [2.24, 2.45) is 16.5 Å². The van der Waals surface area contributed by atoms with Crippen LogP contribution in [0.3, 0.4) is 0 Å². The van der Waals surface area contributed by atoms with Crippen molar-refractivity contribution in [2.75, 3.05) is 20.1 Å². The van der Waals surface area contributed by atoms with E-state index in [-0.39, 0.29) is 10.9 Å². The zero-order valence-corrected chi connectivity index (χ0v) is 13.3. The second kappa shape index (κ2) is 7.70. The number of nitro groups is 1. The Labute approximate surface area is 142 Å². The van der Waals surface area contributed by atoms with Gasteiger partial charge in [0.1, 0.15) is 11.4 Å². The molecule has 0 bridgehead atoms. The van der Waals surface area contributed by atoms with Crippen molar-refractivity contribution in [3.8, 4) is 0 Å². The summed E-state index contributed by atoms with van der Waals surface area (Å²) < 4.78 is 52.5. The molecule has 0 aliphatic rings. The van der Waals surface area contributed by atoms with Crippen molar-refractivity contribution in [2.45, 2.75) is 11.8 Å². The molecule has 11 nitrogen and oxygen atoms in total. The van der Waals surface area contributed by atoms with Crippen molar-refractivity contribution in [3.05, 3.63) is 28.3 Å².